The van der Waals surface area contributed by atoms with Gasteiger partial charge >= 0.3 is 5.97 Å². The van der Waals surface area contributed by atoms with Gasteiger partial charge < -0.3 is 14.5 Å². The Kier molecular flexibility index (Phi) is 6.79. The Balaban J connectivity index is 1.29. The summed E-state index contributed by atoms with van der Waals surface area (Å²) in [4.78, 5) is 39.2. The average Bonchev–Trinajstić information content (AvgIpc) is 3.49. The number of amides is 1. The number of non-ortho nitro benzene ring substituents is 1. The van der Waals surface area contributed by atoms with Crippen molar-refractivity contribution in [2.45, 2.75) is 20.0 Å². The lowest BCUT2D eigenvalue weighted by molar-refractivity contribution is -0.384. The van der Waals surface area contributed by atoms with E-state index in [1.165, 1.54) is 41.7 Å². The van der Waals surface area contributed by atoms with Crippen molar-refractivity contribution in [1.29, 1.82) is 0 Å². The van der Waals surface area contributed by atoms with Gasteiger partial charge in [-0.25, -0.2) is 9.78 Å². The van der Waals surface area contributed by atoms with Crippen LogP contribution in [0.2, 0.25) is 0 Å². The van der Waals surface area contributed by atoms with Crippen LogP contribution in [0.15, 0.2) is 70.5 Å². The minimum absolute atomic E-state index is 0.00119. The molecule has 0 atom stereocenters. The summed E-state index contributed by atoms with van der Waals surface area (Å²) in [6, 6.07) is 16.4. The summed E-state index contributed by atoms with van der Waals surface area (Å²) in [5.74, 6) is -0.463. The average molecular weight is 477 g/mol. The van der Waals surface area contributed by atoms with E-state index in [0.717, 1.165) is 5.56 Å². The number of nitrogens with one attached hydrogen (secondary N) is 1. The van der Waals surface area contributed by atoms with Crippen LogP contribution in [0.4, 0.5) is 11.4 Å². The third kappa shape index (κ3) is 5.73. The number of anilines is 1. The minimum atomic E-state index is -0.667. The molecule has 0 bridgehead atoms. The van der Waals surface area contributed by atoms with Crippen molar-refractivity contribution in [3.63, 3.8) is 0 Å². The van der Waals surface area contributed by atoms with Crippen LogP contribution >= 0.6 is 11.3 Å². The molecule has 0 spiro atoms. The third-order valence-corrected chi connectivity index (χ3v) is 5.67. The summed E-state index contributed by atoms with van der Waals surface area (Å²) in [5.41, 5.74) is 2.91. The van der Waals surface area contributed by atoms with Crippen LogP contribution in [0.25, 0.3) is 11.3 Å². The van der Waals surface area contributed by atoms with Gasteiger partial charge in [0.2, 0.25) is 11.7 Å². The van der Waals surface area contributed by atoms with Crippen LogP contribution < -0.4 is 5.32 Å². The number of rotatable bonds is 8. The number of furan rings is 1. The predicted octanol–water partition coefficient (Wildman–Crippen LogP) is 5.16. The van der Waals surface area contributed by atoms with Gasteiger partial charge in [0.15, 0.2) is 0 Å². The smallest absolute Gasteiger partial charge is 0.374 e. The lowest BCUT2D eigenvalue weighted by atomic mass is 10.1. The van der Waals surface area contributed by atoms with Gasteiger partial charge in [-0.1, -0.05) is 17.7 Å². The molecule has 2 aromatic carbocycles. The molecule has 0 radical (unpaired) electrons. The van der Waals surface area contributed by atoms with Gasteiger partial charge in [0.25, 0.3) is 5.69 Å². The molecule has 9 nitrogen and oxygen atoms in total. The number of benzene rings is 2. The SMILES string of the molecule is Cc1ccc(NC(=O)Cc2nc(COC(=O)c3ccc(-c4ccc([N+](=O)[O-])cc4)o3)cs2)cc1. The maximum absolute atomic E-state index is 12.3. The van der Waals surface area contributed by atoms with Gasteiger partial charge in [0.05, 0.1) is 17.0 Å². The molecule has 4 aromatic rings. The molecule has 2 aromatic heterocycles. The van der Waals surface area contributed by atoms with Gasteiger partial charge in [-0.05, 0) is 43.3 Å². The van der Waals surface area contributed by atoms with Crippen molar-refractivity contribution in [3.05, 3.63) is 98.2 Å². The minimum Gasteiger partial charge on any atom is -0.453 e. The summed E-state index contributed by atoms with van der Waals surface area (Å²) >= 11 is 1.31. The molecule has 172 valence electrons. The van der Waals surface area contributed by atoms with Crippen LogP contribution in [-0.2, 0) is 22.6 Å². The Labute approximate surface area is 198 Å². The number of hydrogen-bond donors (Lipinski definition) is 1. The van der Waals surface area contributed by atoms with E-state index in [1.807, 2.05) is 31.2 Å². The highest BCUT2D eigenvalue weighted by atomic mass is 32.1. The first-order chi connectivity index (χ1) is 16.4. The van der Waals surface area contributed by atoms with Gasteiger partial charge in [-0.15, -0.1) is 11.3 Å². The molecule has 1 amide bonds. The maximum Gasteiger partial charge on any atom is 0.374 e. The Morgan fingerprint density at radius 3 is 2.53 bits per heavy atom. The largest absolute Gasteiger partial charge is 0.453 e. The molecule has 34 heavy (non-hydrogen) atoms. The Bertz CT molecular complexity index is 1330. The first-order valence-corrected chi connectivity index (χ1v) is 11.1. The van der Waals surface area contributed by atoms with Crippen LogP contribution in [0.5, 0.6) is 0 Å². The Morgan fingerprint density at radius 1 is 1.09 bits per heavy atom. The molecule has 4 rings (SSSR count). The number of esters is 1. The zero-order valence-corrected chi connectivity index (χ0v) is 18.8. The van der Waals surface area contributed by atoms with Gasteiger partial charge in [0, 0.05) is 28.8 Å². The fourth-order valence-electron chi connectivity index (χ4n) is 3.04. The van der Waals surface area contributed by atoms with E-state index in [2.05, 4.69) is 10.3 Å². The summed E-state index contributed by atoms with van der Waals surface area (Å²) in [7, 11) is 0. The molecule has 10 heteroatoms. The lowest BCUT2D eigenvalue weighted by Crippen LogP contribution is -2.14. The monoisotopic (exact) mass is 477 g/mol. The van der Waals surface area contributed by atoms with Crippen LogP contribution in [-0.4, -0.2) is 21.8 Å². The number of ether oxygens (including phenoxy) is 1. The van der Waals surface area contributed by atoms with Crippen LogP contribution in [0.1, 0.15) is 26.8 Å². The molecule has 1 N–H and O–H groups in total. The number of carbonyl (C=O) groups excluding carboxylic acids is 2. The number of carbonyl (C=O) groups is 2. The highest BCUT2D eigenvalue weighted by Crippen LogP contribution is 2.25. The standard InChI is InChI=1S/C24H19N3O6S/c1-15-2-6-17(7-3-15)25-22(28)12-23-26-18(14-34-23)13-32-24(29)21-11-10-20(33-21)16-4-8-19(9-5-16)27(30)31/h2-11,14H,12-13H2,1H3,(H,25,28). The van der Waals surface area contributed by atoms with E-state index in [-0.39, 0.29) is 30.4 Å². The first kappa shape index (κ1) is 22.9. The second-order valence-corrected chi connectivity index (χ2v) is 8.31. The van der Waals surface area contributed by atoms with Crippen molar-refractivity contribution in [2.75, 3.05) is 5.32 Å². The molecule has 0 saturated heterocycles. The number of hydrogen-bond acceptors (Lipinski definition) is 8. The van der Waals surface area contributed by atoms with E-state index in [0.29, 0.717) is 27.7 Å². The second kappa shape index (κ2) is 10.1. The first-order valence-electron chi connectivity index (χ1n) is 10.2. The molecular weight excluding hydrogens is 458 g/mol. The van der Waals surface area contributed by atoms with Crippen molar-refractivity contribution >= 4 is 34.6 Å². The number of nitro benzene ring substituents is 1. The van der Waals surface area contributed by atoms with Gasteiger partial charge in [0.1, 0.15) is 17.4 Å². The van der Waals surface area contributed by atoms with Crippen molar-refractivity contribution in [2.24, 2.45) is 0 Å². The summed E-state index contributed by atoms with van der Waals surface area (Å²) in [6.07, 6.45) is 0.114. The van der Waals surface area contributed by atoms with E-state index in [4.69, 9.17) is 9.15 Å². The Morgan fingerprint density at radius 2 is 1.82 bits per heavy atom. The zero-order chi connectivity index (χ0) is 24.1. The highest BCUT2D eigenvalue weighted by Gasteiger charge is 2.16. The predicted molar refractivity (Wildman–Crippen MR) is 126 cm³/mol. The quantitative estimate of drug-likeness (QED) is 0.211. The Hall–Kier alpha value is -4.31. The number of thiazole rings is 1. The second-order valence-electron chi connectivity index (χ2n) is 7.37. The number of nitrogens with zero attached hydrogens (tertiary/aromatic N) is 2. The van der Waals surface area contributed by atoms with Crippen molar-refractivity contribution in [3.8, 4) is 11.3 Å². The van der Waals surface area contributed by atoms with Gasteiger partial charge in [-0.2, -0.15) is 0 Å². The third-order valence-electron chi connectivity index (χ3n) is 4.77. The summed E-state index contributed by atoms with van der Waals surface area (Å²) in [6.45, 7) is 1.90. The topological polar surface area (TPSA) is 125 Å². The number of aryl methyl sites for hydroxylation is 1. The number of nitro groups is 1. The summed E-state index contributed by atoms with van der Waals surface area (Å²) in [5, 5.41) is 15.9. The fraction of sp³-hybridized carbons (Fsp3) is 0.125. The highest BCUT2D eigenvalue weighted by molar-refractivity contribution is 7.09. The molecular formula is C24H19N3O6S. The summed E-state index contributed by atoms with van der Waals surface area (Å²) < 4.78 is 10.8. The molecule has 0 unspecified atom stereocenters. The molecule has 0 aliphatic carbocycles. The van der Waals surface area contributed by atoms with Crippen molar-refractivity contribution < 1.29 is 23.7 Å². The number of aromatic nitrogens is 1. The fourth-order valence-corrected chi connectivity index (χ4v) is 3.81. The molecule has 0 aliphatic heterocycles. The molecule has 0 saturated carbocycles. The van der Waals surface area contributed by atoms with Crippen LogP contribution in [0.3, 0.4) is 0 Å². The van der Waals surface area contributed by atoms with E-state index in [9.17, 15) is 19.7 Å². The lowest BCUT2D eigenvalue weighted by Gasteiger charge is -2.04. The van der Waals surface area contributed by atoms with Gasteiger partial charge in [-0.3, -0.25) is 14.9 Å². The van der Waals surface area contributed by atoms with E-state index >= 15 is 0 Å². The zero-order valence-electron chi connectivity index (χ0n) is 18.0. The molecule has 2 heterocycles. The van der Waals surface area contributed by atoms with Crippen LogP contribution in [0, 0.1) is 17.0 Å². The van der Waals surface area contributed by atoms with E-state index < -0.39 is 10.9 Å². The van der Waals surface area contributed by atoms with Crippen molar-refractivity contribution in [1.82, 2.24) is 4.98 Å². The van der Waals surface area contributed by atoms with E-state index in [1.54, 1.807) is 11.4 Å². The normalized spacial score (nSPS) is 10.6. The molecule has 0 fully saturated rings. The maximum atomic E-state index is 12.3. The molecule has 0 aliphatic rings.